The Bertz CT molecular complexity index is 1320. The molecule has 0 aromatic heterocycles. The van der Waals surface area contributed by atoms with Gasteiger partial charge in [0, 0.05) is 39.6 Å². The summed E-state index contributed by atoms with van der Waals surface area (Å²) in [6.07, 6.45) is 0. The van der Waals surface area contributed by atoms with Crippen molar-refractivity contribution in [1.29, 1.82) is 0 Å². The van der Waals surface area contributed by atoms with Crippen molar-refractivity contribution in [2.45, 2.75) is 49.6 Å². The van der Waals surface area contributed by atoms with Gasteiger partial charge in [-0.3, -0.25) is 19.4 Å². The van der Waals surface area contributed by atoms with Crippen molar-refractivity contribution < 1.29 is 26.4 Å². The number of nitrogens with zero attached hydrogens (tertiary/aromatic N) is 4. The molecule has 12 heteroatoms. The highest BCUT2D eigenvalue weighted by Crippen LogP contribution is 2.35. The van der Waals surface area contributed by atoms with E-state index in [4.69, 9.17) is 0 Å². The maximum Gasteiger partial charge on any atom is 0.250 e. The van der Waals surface area contributed by atoms with Crippen LogP contribution in [0.15, 0.2) is 46.2 Å². The fourth-order valence-electron chi connectivity index (χ4n) is 4.10. The average Bonchev–Trinajstić information content (AvgIpc) is 2.79. The molecule has 2 aromatic carbocycles. The molecule has 36 heavy (non-hydrogen) atoms. The number of aryl methyl sites for hydroxylation is 2. The van der Waals surface area contributed by atoms with Gasteiger partial charge in [-0.05, 0) is 63.1 Å². The molecule has 1 aliphatic rings. The van der Waals surface area contributed by atoms with Gasteiger partial charge in [-0.2, -0.15) is 0 Å². The van der Waals surface area contributed by atoms with E-state index in [9.17, 15) is 26.4 Å². The van der Waals surface area contributed by atoms with Crippen LogP contribution in [0.5, 0.6) is 0 Å². The lowest BCUT2D eigenvalue weighted by atomic mass is 10.0. The first-order chi connectivity index (χ1) is 16.5. The molecule has 3 rings (SSSR count). The number of anilines is 2. The molecule has 10 nitrogen and oxygen atoms in total. The number of hydrogen-bond acceptors (Lipinski definition) is 6. The van der Waals surface area contributed by atoms with Crippen molar-refractivity contribution in [1.82, 2.24) is 8.61 Å². The number of benzene rings is 2. The van der Waals surface area contributed by atoms with Gasteiger partial charge < -0.3 is 0 Å². The third-order valence-corrected chi connectivity index (χ3v) is 10.0. The molecule has 0 spiro atoms. The summed E-state index contributed by atoms with van der Waals surface area (Å²) >= 11 is 0. The second-order valence-electron chi connectivity index (χ2n) is 9.24. The third kappa shape index (κ3) is 4.54. The van der Waals surface area contributed by atoms with Gasteiger partial charge >= 0.3 is 0 Å². The molecule has 1 saturated heterocycles. The monoisotopic (exact) mass is 536 g/mol. The van der Waals surface area contributed by atoms with E-state index < -0.39 is 43.9 Å². The zero-order valence-electron chi connectivity index (χ0n) is 21.7. The summed E-state index contributed by atoms with van der Waals surface area (Å²) in [5.41, 5.74) is 1.93. The molecule has 0 unspecified atom stereocenters. The smallest absolute Gasteiger partial charge is 0.250 e. The average molecular weight is 537 g/mol. The van der Waals surface area contributed by atoms with Crippen LogP contribution in [0.25, 0.3) is 0 Å². The summed E-state index contributed by atoms with van der Waals surface area (Å²) < 4.78 is 53.0. The van der Waals surface area contributed by atoms with Crippen LogP contribution in [0.4, 0.5) is 11.4 Å². The number of rotatable bonds is 6. The normalized spacial score (nSPS) is 19.5. The van der Waals surface area contributed by atoms with Crippen molar-refractivity contribution in [2.75, 3.05) is 38.0 Å². The minimum Gasteiger partial charge on any atom is -0.298 e. The van der Waals surface area contributed by atoms with Crippen molar-refractivity contribution >= 4 is 43.2 Å². The SMILES string of the molecule is Cc1ccc(S(=O)(=O)N(C)C)cc1N1C(=O)[C@@H](C)N(c2cc(S(=O)(=O)N(C)C)ccc2C)C(=O)[C@H]1C. The Morgan fingerprint density at radius 2 is 0.944 bits per heavy atom. The first-order valence-corrected chi connectivity index (χ1v) is 14.1. The Balaban J connectivity index is 2.11. The fourth-order valence-corrected chi connectivity index (χ4v) is 5.94. The summed E-state index contributed by atoms with van der Waals surface area (Å²) in [6, 6.07) is 7.03. The van der Waals surface area contributed by atoms with Crippen LogP contribution in [0.3, 0.4) is 0 Å². The molecule has 1 aliphatic heterocycles. The van der Waals surface area contributed by atoms with E-state index >= 15 is 0 Å². The molecule has 1 fully saturated rings. The van der Waals surface area contributed by atoms with E-state index in [1.165, 1.54) is 62.3 Å². The largest absolute Gasteiger partial charge is 0.298 e. The molecular weight excluding hydrogens is 504 g/mol. The molecule has 0 bridgehead atoms. The highest BCUT2D eigenvalue weighted by molar-refractivity contribution is 7.89. The van der Waals surface area contributed by atoms with E-state index in [1.807, 2.05) is 0 Å². The van der Waals surface area contributed by atoms with Gasteiger partial charge in [0.1, 0.15) is 12.1 Å². The Morgan fingerprint density at radius 3 is 1.22 bits per heavy atom. The maximum atomic E-state index is 13.7. The number of amides is 2. The number of carbonyl (C=O) groups is 2. The Kier molecular flexibility index (Phi) is 7.39. The second-order valence-corrected chi connectivity index (χ2v) is 13.5. The van der Waals surface area contributed by atoms with Crippen LogP contribution in [0.2, 0.25) is 0 Å². The van der Waals surface area contributed by atoms with Crippen molar-refractivity contribution in [3.05, 3.63) is 47.5 Å². The quantitative estimate of drug-likeness (QED) is 0.558. The van der Waals surface area contributed by atoms with Crippen molar-refractivity contribution in [2.24, 2.45) is 0 Å². The number of sulfonamides is 2. The van der Waals surface area contributed by atoms with Crippen molar-refractivity contribution in [3.63, 3.8) is 0 Å². The van der Waals surface area contributed by atoms with Gasteiger partial charge in [-0.1, -0.05) is 12.1 Å². The van der Waals surface area contributed by atoms with Gasteiger partial charge in [0.15, 0.2) is 0 Å². The van der Waals surface area contributed by atoms with E-state index in [2.05, 4.69) is 0 Å². The van der Waals surface area contributed by atoms with E-state index in [1.54, 1.807) is 39.8 Å². The molecule has 2 aromatic rings. The number of piperazine rings is 1. The molecule has 0 aliphatic carbocycles. The fraction of sp³-hybridized carbons (Fsp3) is 0.417. The molecule has 2 atom stereocenters. The Morgan fingerprint density at radius 1 is 0.639 bits per heavy atom. The first kappa shape index (κ1) is 27.8. The number of hydrogen-bond donors (Lipinski definition) is 0. The van der Waals surface area contributed by atoms with Crippen LogP contribution in [-0.2, 0) is 29.6 Å². The zero-order chi connectivity index (χ0) is 27.3. The lowest BCUT2D eigenvalue weighted by molar-refractivity contribution is -0.130. The topological polar surface area (TPSA) is 115 Å². The predicted octanol–water partition coefficient (Wildman–Crippen LogP) is 1.96. The highest BCUT2D eigenvalue weighted by atomic mass is 32.2. The molecule has 1 heterocycles. The molecule has 2 amide bonds. The lowest BCUT2D eigenvalue weighted by Gasteiger charge is -2.43. The van der Waals surface area contributed by atoms with Gasteiger partial charge in [0.25, 0.3) is 11.8 Å². The Hall–Kier alpha value is -2.80. The van der Waals surface area contributed by atoms with E-state index in [-0.39, 0.29) is 9.79 Å². The van der Waals surface area contributed by atoms with Gasteiger partial charge in [0.05, 0.1) is 9.79 Å². The predicted molar refractivity (Wildman–Crippen MR) is 138 cm³/mol. The molecule has 0 N–H and O–H groups in total. The van der Waals surface area contributed by atoms with Crippen LogP contribution < -0.4 is 9.80 Å². The molecule has 0 radical (unpaired) electrons. The highest BCUT2D eigenvalue weighted by Gasteiger charge is 2.44. The summed E-state index contributed by atoms with van der Waals surface area (Å²) in [4.78, 5) is 30.0. The molecule has 196 valence electrons. The molecule has 0 saturated carbocycles. The van der Waals surface area contributed by atoms with Crippen LogP contribution in [-0.4, -0.2) is 77.5 Å². The zero-order valence-corrected chi connectivity index (χ0v) is 23.3. The standard InChI is InChI=1S/C24H32N4O6S2/c1-15-9-11-19(35(31,32)25(5)6)13-21(15)27-17(3)24(30)28(18(4)23(27)29)22-14-20(12-10-16(22)2)36(33,34)26(7)8/h9-14,17-18H,1-8H3/t17-,18-/m1/s1. The first-order valence-electron chi connectivity index (χ1n) is 11.3. The summed E-state index contributed by atoms with van der Waals surface area (Å²) in [5.74, 6) is -0.824. The van der Waals surface area contributed by atoms with E-state index in [0.717, 1.165) is 8.61 Å². The maximum absolute atomic E-state index is 13.7. The van der Waals surface area contributed by atoms with Gasteiger partial charge in [0.2, 0.25) is 20.0 Å². The molecular formula is C24H32N4O6S2. The summed E-state index contributed by atoms with van der Waals surface area (Å²) in [7, 11) is -1.86. The second kappa shape index (κ2) is 9.58. The summed E-state index contributed by atoms with van der Waals surface area (Å²) in [6.45, 7) is 6.62. The van der Waals surface area contributed by atoms with Gasteiger partial charge in [-0.15, -0.1) is 0 Å². The van der Waals surface area contributed by atoms with Crippen LogP contribution in [0.1, 0.15) is 25.0 Å². The van der Waals surface area contributed by atoms with Crippen LogP contribution in [0, 0.1) is 13.8 Å². The minimum atomic E-state index is -3.76. The minimum absolute atomic E-state index is 0.00747. The lowest BCUT2D eigenvalue weighted by Crippen LogP contribution is -2.64. The third-order valence-electron chi connectivity index (χ3n) is 6.40. The number of carbonyl (C=O) groups excluding carboxylic acids is 2. The van der Waals surface area contributed by atoms with E-state index in [0.29, 0.717) is 22.5 Å². The Labute approximate surface area is 213 Å². The van der Waals surface area contributed by atoms with Gasteiger partial charge in [-0.25, -0.2) is 25.4 Å². The summed E-state index contributed by atoms with van der Waals surface area (Å²) in [5, 5.41) is 0. The van der Waals surface area contributed by atoms with Crippen molar-refractivity contribution in [3.8, 4) is 0 Å². The van der Waals surface area contributed by atoms with Crippen LogP contribution >= 0.6 is 0 Å².